The van der Waals surface area contributed by atoms with E-state index in [1.165, 1.54) is 30.0 Å². The molecule has 3 fully saturated rings. The Bertz CT molecular complexity index is 3140. The van der Waals surface area contributed by atoms with E-state index in [0.29, 0.717) is 77.4 Å². The second-order valence-corrected chi connectivity index (χ2v) is 21.6. The van der Waals surface area contributed by atoms with Gasteiger partial charge in [0.05, 0.1) is 22.2 Å². The zero-order valence-electron chi connectivity index (χ0n) is 41.1. The first kappa shape index (κ1) is 53.2. The zero-order chi connectivity index (χ0) is 53.6. The number of urea groups is 1. The fraction of sp³-hybridized carbons (Fsp3) is 0.385. The van der Waals surface area contributed by atoms with Crippen LogP contribution in [0, 0.1) is 10.8 Å². The Morgan fingerprint density at radius 2 is 1.25 bits per heavy atom. The number of alkyl halides is 2. The molecule has 10 rings (SSSR count). The topological polar surface area (TPSA) is 277 Å². The van der Waals surface area contributed by atoms with Crippen molar-refractivity contribution in [2.45, 2.75) is 56.6 Å². The Labute approximate surface area is 441 Å². The number of halogens is 2. The fourth-order valence-electron chi connectivity index (χ4n) is 11.2. The number of nitrogens with two attached hydrogens (primary N) is 2. The largest absolute Gasteiger partial charge is 0.524 e. The first-order valence-corrected chi connectivity index (χ1v) is 27.0. The van der Waals surface area contributed by atoms with Crippen LogP contribution in [0.25, 0.3) is 21.5 Å². The van der Waals surface area contributed by atoms with Gasteiger partial charge in [-0.1, -0.05) is 60.7 Å². The van der Waals surface area contributed by atoms with Crippen LogP contribution in [-0.2, 0) is 30.3 Å². The van der Waals surface area contributed by atoms with Crippen LogP contribution in [0.5, 0.6) is 11.5 Å². The van der Waals surface area contributed by atoms with Gasteiger partial charge in [0.15, 0.2) is 0 Å². The van der Waals surface area contributed by atoms with Gasteiger partial charge in [0.2, 0.25) is 17.7 Å². The number of hydrogen-bond acceptors (Lipinski definition) is 11. The number of nitrogens with zero attached hydrogens (tertiary/aromatic N) is 4. The number of primary amides is 1. The van der Waals surface area contributed by atoms with E-state index in [4.69, 9.17) is 48.7 Å². The molecule has 0 aromatic heterocycles. The highest BCUT2D eigenvalue weighted by molar-refractivity contribution is 7.46. The van der Waals surface area contributed by atoms with Gasteiger partial charge in [-0.25, -0.2) is 18.9 Å². The lowest BCUT2D eigenvalue weighted by molar-refractivity contribution is -0.205. The number of nitrogens with one attached hydrogen (secondary N) is 2. The van der Waals surface area contributed by atoms with Gasteiger partial charge in [-0.15, -0.1) is 23.2 Å². The van der Waals surface area contributed by atoms with Gasteiger partial charge in [0.25, 0.3) is 0 Å². The average molecular weight is 1090 g/mol. The molecule has 7 amide bonds. The number of amides is 7. The van der Waals surface area contributed by atoms with E-state index in [1.807, 2.05) is 30.3 Å². The van der Waals surface area contributed by atoms with Crippen LogP contribution < -0.4 is 41.2 Å². The molecule has 23 heteroatoms. The molecule has 5 aliphatic rings. The van der Waals surface area contributed by atoms with Gasteiger partial charge in [-0.05, 0) is 78.2 Å². The van der Waals surface area contributed by atoms with Crippen molar-refractivity contribution >= 4 is 106 Å². The third-order valence-corrected chi connectivity index (χ3v) is 16.0. The summed E-state index contributed by atoms with van der Waals surface area (Å²) in [6.07, 6.45) is 0.383. The summed E-state index contributed by atoms with van der Waals surface area (Å²) >= 11 is 13.1. The molecule has 396 valence electrons. The number of anilines is 3. The maximum atomic E-state index is 14.8. The minimum absolute atomic E-state index is 0.0536. The van der Waals surface area contributed by atoms with E-state index < -0.39 is 48.8 Å². The minimum Gasteiger partial charge on any atom is -0.445 e. The Morgan fingerprint density at radius 1 is 0.760 bits per heavy atom. The van der Waals surface area contributed by atoms with Crippen molar-refractivity contribution in [2.75, 3.05) is 73.7 Å². The number of phosphoric acid groups is 1. The van der Waals surface area contributed by atoms with Crippen molar-refractivity contribution in [1.82, 2.24) is 15.1 Å². The van der Waals surface area contributed by atoms with Crippen LogP contribution in [0.1, 0.15) is 60.6 Å². The predicted octanol–water partition coefficient (Wildman–Crippen LogP) is 7.09. The number of carbonyl (C=O) groups is 6. The summed E-state index contributed by atoms with van der Waals surface area (Å²) in [6, 6.07) is 22.6. The van der Waals surface area contributed by atoms with Crippen molar-refractivity contribution in [3.8, 4) is 11.5 Å². The first-order chi connectivity index (χ1) is 35.8. The Morgan fingerprint density at radius 3 is 1.75 bits per heavy atom. The van der Waals surface area contributed by atoms with Gasteiger partial charge < -0.3 is 55.7 Å². The van der Waals surface area contributed by atoms with Crippen molar-refractivity contribution in [3.63, 3.8) is 0 Å². The molecule has 2 aliphatic heterocycles. The summed E-state index contributed by atoms with van der Waals surface area (Å²) in [5.74, 6) is -0.698. The lowest BCUT2D eigenvalue weighted by atomic mass is 9.34. The van der Waals surface area contributed by atoms with Crippen LogP contribution in [0.3, 0.4) is 0 Å². The predicted molar refractivity (Wildman–Crippen MR) is 282 cm³/mol. The number of carbonyl (C=O) groups excluding carboxylic acids is 6. The molecule has 0 spiro atoms. The summed E-state index contributed by atoms with van der Waals surface area (Å²) in [7, 11) is -1.89. The Balaban J connectivity index is 0.832. The Kier molecular flexibility index (Phi) is 15.0. The maximum absolute atomic E-state index is 14.8. The van der Waals surface area contributed by atoms with Crippen LogP contribution in [0.2, 0.25) is 0 Å². The van der Waals surface area contributed by atoms with E-state index in [1.54, 1.807) is 58.3 Å². The molecule has 0 radical (unpaired) electrons. The molecule has 3 aliphatic carbocycles. The number of fused-ring (bicyclic) bond motifs is 6. The third-order valence-electron chi connectivity index (χ3n) is 14.8. The summed E-state index contributed by atoms with van der Waals surface area (Å²) < 4.78 is 28.7. The van der Waals surface area contributed by atoms with Gasteiger partial charge in [-0.2, -0.15) is 0 Å². The first-order valence-electron chi connectivity index (χ1n) is 24.4. The smallest absolute Gasteiger partial charge is 0.445 e. The van der Waals surface area contributed by atoms with E-state index in [2.05, 4.69) is 10.6 Å². The molecular formula is C52H57Cl2N8O12P. The molecule has 8 N–H and O–H groups in total. The fourth-order valence-corrected chi connectivity index (χ4v) is 12.1. The molecular weight excluding hydrogens is 1030 g/mol. The molecule has 2 heterocycles. The monoisotopic (exact) mass is 1090 g/mol. The number of benzene rings is 5. The highest BCUT2D eigenvalue weighted by Crippen LogP contribution is 2.75. The summed E-state index contributed by atoms with van der Waals surface area (Å²) in [4.78, 5) is 106. The highest BCUT2D eigenvalue weighted by atomic mass is 35.5. The summed E-state index contributed by atoms with van der Waals surface area (Å²) in [6.45, 7) is 0.984. The third kappa shape index (κ3) is 10.4. The van der Waals surface area contributed by atoms with Crippen molar-refractivity contribution in [3.05, 3.63) is 102 Å². The molecule has 5 aromatic rings. The van der Waals surface area contributed by atoms with Gasteiger partial charge in [0, 0.05) is 92.5 Å². The van der Waals surface area contributed by atoms with Crippen molar-refractivity contribution in [2.24, 2.45) is 22.3 Å². The van der Waals surface area contributed by atoms with Gasteiger partial charge in [0.1, 0.15) is 24.1 Å². The quantitative estimate of drug-likeness (QED) is 0.0378. The molecule has 20 nitrogen and oxygen atoms in total. The molecule has 2 bridgehead atoms. The molecule has 0 unspecified atom stereocenters. The van der Waals surface area contributed by atoms with Gasteiger partial charge >= 0.3 is 26.0 Å². The molecule has 3 saturated carbocycles. The number of hydrogen-bond donors (Lipinski definition) is 6. The number of phosphoric ester groups is 1. The normalized spacial score (nSPS) is 20.5. The SMILES string of the molecule is CN(CCN(C)C(=O)Oc1cc2c(c3ccccc13)[C@H](CCl)CN2C(=O)C12CC(C(=O)N3C[C@@H](CCl)c4c3cc(OP(=O)(O)O)c3ccccc43)(C1)C2)C(=O)OCc1ccc(NC(=O)[C@H](CCCN)NC(N)=O)cc1. The van der Waals surface area contributed by atoms with E-state index in [0.717, 1.165) is 16.5 Å². The Hall–Kier alpha value is -6.67. The number of ether oxygens (including phenoxy) is 2. The van der Waals surface area contributed by atoms with Crippen LogP contribution in [-0.4, -0.2) is 120 Å². The lowest BCUT2D eigenvalue weighted by Gasteiger charge is -2.69. The average Bonchev–Trinajstić information content (AvgIpc) is 3.93. The molecule has 0 saturated heterocycles. The lowest BCUT2D eigenvalue weighted by Crippen LogP contribution is -2.73. The molecule has 3 atom stereocenters. The van der Waals surface area contributed by atoms with E-state index >= 15 is 0 Å². The minimum atomic E-state index is -4.96. The van der Waals surface area contributed by atoms with Crippen molar-refractivity contribution < 1.29 is 57.1 Å². The van der Waals surface area contributed by atoms with Crippen LogP contribution in [0.15, 0.2) is 84.9 Å². The number of rotatable bonds is 18. The van der Waals surface area contributed by atoms with Crippen LogP contribution in [0.4, 0.5) is 31.4 Å². The van der Waals surface area contributed by atoms with Gasteiger partial charge in [-0.3, -0.25) is 24.2 Å². The second kappa shape index (κ2) is 21.2. The summed E-state index contributed by atoms with van der Waals surface area (Å²) in [5.41, 5.74) is 12.9. The van der Waals surface area contributed by atoms with Crippen molar-refractivity contribution in [1.29, 1.82) is 0 Å². The maximum Gasteiger partial charge on any atom is 0.524 e. The van der Waals surface area contributed by atoms with E-state index in [-0.39, 0.29) is 79.7 Å². The van der Waals surface area contributed by atoms with E-state index in [9.17, 15) is 43.1 Å². The second-order valence-electron chi connectivity index (χ2n) is 19.9. The summed E-state index contributed by atoms with van der Waals surface area (Å²) in [5, 5.41) is 7.71. The zero-order valence-corrected chi connectivity index (χ0v) is 43.5. The standard InChI is InChI=1S/C52H57Cl2N8O12P/c1-59(49(67)72-26-30-13-15-33(16-14-30)57-45(63)38(12-7-17-55)58-48(56)66)18-19-60(2)50(68)73-41-20-39-43(36-10-5-3-8-34(36)41)31(22-53)24-61(39)46(64)51-27-52(28-51,29-51)47(65)62-25-32(23-54)44-37-11-6-4-9-35(37)42(21-40(44)62)74-75(69,70)71/h3-6,8-11,13-16,20-21,31-32,38H,7,12,17-19,22-29,55H2,1-2H3,(H,57,63)(H3,56,58,66)(H2,69,70,71)/t31-,32-,38+,51?,52?/m1/s1. The molecule has 75 heavy (non-hydrogen) atoms. The number of likely N-dealkylation sites (N-methyl/N-ethyl adjacent to an activating group) is 2. The molecule has 5 aromatic carbocycles. The highest BCUT2D eigenvalue weighted by Gasteiger charge is 2.76. The van der Waals surface area contributed by atoms with Crippen LogP contribution >= 0.6 is 31.0 Å².